The van der Waals surface area contributed by atoms with E-state index < -0.39 is 5.41 Å². The van der Waals surface area contributed by atoms with Crippen LogP contribution in [0.5, 0.6) is 0 Å². The predicted molar refractivity (Wildman–Crippen MR) is 65.8 cm³/mol. The molecule has 2 aliphatic rings. The summed E-state index contributed by atoms with van der Waals surface area (Å²) in [6, 6.07) is 10.0. The molecule has 3 nitrogen and oxygen atoms in total. The summed E-state index contributed by atoms with van der Waals surface area (Å²) in [5, 5.41) is 0. The van der Waals surface area contributed by atoms with Crippen LogP contribution in [0.4, 0.5) is 0 Å². The first-order chi connectivity index (χ1) is 8.72. The molecule has 1 aliphatic heterocycles. The van der Waals surface area contributed by atoms with Crippen molar-refractivity contribution in [3.05, 3.63) is 35.9 Å². The molecule has 2 fully saturated rings. The number of cyclic esters (lactones) is 2. The molecule has 1 aliphatic carbocycles. The van der Waals surface area contributed by atoms with Gasteiger partial charge in [0.15, 0.2) is 0 Å². The topological polar surface area (TPSA) is 43.4 Å². The molecule has 2 atom stereocenters. The van der Waals surface area contributed by atoms with Crippen molar-refractivity contribution in [2.75, 3.05) is 0 Å². The van der Waals surface area contributed by atoms with Crippen LogP contribution >= 0.6 is 0 Å². The molecule has 18 heavy (non-hydrogen) atoms. The molecular weight excluding hydrogens is 228 g/mol. The molecule has 1 saturated carbocycles. The van der Waals surface area contributed by atoms with E-state index in [9.17, 15) is 9.59 Å². The fourth-order valence-corrected chi connectivity index (χ4v) is 3.44. The number of ether oxygens (including phenoxy) is 1. The monoisotopic (exact) mass is 244 g/mol. The third kappa shape index (κ3) is 1.65. The molecule has 1 aromatic rings. The van der Waals surface area contributed by atoms with Gasteiger partial charge in [-0.1, -0.05) is 43.2 Å². The molecule has 0 N–H and O–H groups in total. The van der Waals surface area contributed by atoms with E-state index in [0.29, 0.717) is 0 Å². The number of carbonyl (C=O) groups excluding carboxylic acids is 2. The fourth-order valence-electron chi connectivity index (χ4n) is 3.44. The first-order valence-corrected chi connectivity index (χ1v) is 6.52. The van der Waals surface area contributed by atoms with Crippen LogP contribution in [0.15, 0.2) is 30.3 Å². The van der Waals surface area contributed by atoms with Crippen LogP contribution in [0, 0.1) is 5.41 Å². The van der Waals surface area contributed by atoms with Gasteiger partial charge in [-0.25, -0.2) is 0 Å². The highest BCUT2D eigenvalue weighted by Gasteiger charge is 2.55. The average molecular weight is 244 g/mol. The summed E-state index contributed by atoms with van der Waals surface area (Å²) < 4.78 is 4.83. The number of hydrogen-bond acceptors (Lipinski definition) is 3. The molecule has 94 valence electrons. The Morgan fingerprint density at radius 1 is 1.11 bits per heavy atom. The normalized spacial score (nSPS) is 31.7. The van der Waals surface area contributed by atoms with E-state index in [0.717, 1.165) is 31.2 Å². The molecule has 1 saturated heterocycles. The van der Waals surface area contributed by atoms with E-state index in [1.54, 1.807) is 0 Å². The summed E-state index contributed by atoms with van der Waals surface area (Å²) in [7, 11) is 0. The minimum atomic E-state index is -0.587. The van der Waals surface area contributed by atoms with E-state index in [-0.39, 0.29) is 24.3 Å². The molecule has 1 spiro atoms. The van der Waals surface area contributed by atoms with E-state index in [1.165, 1.54) is 0 Å². The van der Waals surface area contributed by atoms with Gasteiger partial charge < -0.3 is 4.74 Å². The van der Waals surface area contributed by atoms with Crippen molar-refractivity contribution in [1.29, 1.82) is 0 Å². The maximum absolute atomic E-state index is 12.1. The van der Waals surface area contributed by atoms with Crippen molar-refractivity contribution in [1.82, 2.24) is 0 Å². The molecule has 0 aromatic heterocycles. The molecule has 1 aromatic carbocycles. The van der Waals surface area contributed by atoms with E-state index >= 15 is 0 Å². The SMILES string of the molecule is O=C1CC2(CCCCC2c2ccccc2)C(=O)O1. The van der Waals surface area contributed by atoms with Gasteiger partial charge in [-0.05, 0) is 18.4 Å². The molecular formula is C15H16O3. The Hall–Kier alpha value is -1.64. The van der Waals surface area contributed by atoms with Crippen LogP contribution in [0.3, 0.4) is 0 Å². The van der Waals surface area contributed by atoms with E-state index in [2.05, 4.69) is 0 Å². The van der Waals surface area contributed by atoms with Crippen molar-refractivity contribution >= 4 is 11.9 Å². The second-order valence-corrected chi connectivity index (χ2v) is 5.30. The molecule has 3 heteroatoms. The van der Waals surface area contributed by atoms with Gasteiger partial charge in [-0.3, -0.25) is 9.59 Å². The van der Waals surface area contributed by atoms with Crippen LogP contribution in [-0.4, -0.2) is 11.9 Å². The average Bonchev–Trinajstić information content (AvgIpc) is 2.66. The Kier molecular flexibility index (Phi) is 2.69. The molecule has 0 radical (unpaired) electrons. The Bertz CT molecular complexity index is 480. The lowest BCUT2D eigenvalue weighted by Gasteiger charge is -2.37. The van der Waals surface area contributed by atoms with Gasteiger partial charge in [-0.15, -0.1) is 0 Å². The zero-order valence-electron chi connectivity index (χ0n) is 10.2. The lowest BCUT2D eigenvalue weighted by molar-refractivity contribution is -0.156. The van der Waals surface area contributed by atoms with Gasteiger partial charge in [0.2, 0.25) is 0 Å². The summed E-state index contributed by atoms with van der Waals surface area (Å²) in [6.45, 7) is 0. The highest BCUT2D eigenvalue weighted by atomic mass is 16.6. The van der Waals surface area contributed by atoms with E-state index in [4.69, 9.17) is 4.74 Å². The maximum atomic E-state index is 12.1. The lowest BCUT2D eigenvalue weighted by Crippen LogP contribution is -2.36. The van der Waals surface area contributed by atoms with Crippen LogP contribution in [0.2, 0.25) is 0 Å². The number of hydrogen-bond donors (Lipinski definition) is 0. The molecule has 0 bridgehead atoms. The minimum absolute atomic E-state index is 0.131. The second kappa shape index (κ2) is 4.23. The van der Waals surface area contributed by atoms with Crippen LogP contribution in [0.1, 0.15) is 43.6 Å². The van der Waals surface area contributed by atoms with Crippen LogP contribution in [0.25, 0.3) is 0 Å². The lowest BCUT2D eigenvalue weighted by atomic mass is 9.63. The molecule has 2 unspecified atom stereocenters. The fraction of sp³-hybridized carbons (Fsp3) is 0.467. The minimum Gasteiger partial charge on any atom is -0.393 e. The largest absolute Gasteiger partial charge is 0.393 e. The van der Waals surface area contributed by atoms with Gasteiger partial charge >= 0.3 is 11.9 Å². The summed E-state index contributed by atoms with van der Waals surface area (Å²) >= 11 is 0. The smallest absolute Gasteiger partial charge is 0.320 e. The molecule has 3 rings (SSSR count). The zero-order chi connectivity index (χ0) is 12.6. The van der Waals surface area contributed by atoms with Crippen molar-refractivity contribution in [2.45, 2.75) is 38.0 Å². The number of rotatable bonds is 1. The summed E-state index contributed by atoms with van der Waals surface area (Å²) in [6.07, 6.45) is 4.11. The van der Waals surface area contributed by atoms with E-state index in [1.807, 2.05) is 30.3 Å². The quantitative estimate of drug-likeness (QED) is 0.563. The highest BCUT2D eigenvalue weighted by Crippen LogP contribution is 2.52. The Balaban J connectivity index is 2.01. The Labute approximate surface area is 106 Å². The van der Waals surface area contributed by atoms with Crippen molar-refractivity contribution in [3.8, 4) is 0 Å². The molecule has 1 heterocycles. The molecule has 0 amide bonds. The maximum Gasteiger partial charge on any atom is 0.320 e. The Morgan fingerprint density at radius 3 is 2.56 bits per heavy atom. The first kappa shape index (κ1) is 11.5. The van der Waals surface area contributed by atoms with Crippen molar-refractivity contribution < 1.29 is 14.3 Å². The number of benzene rings is 1. The van der Waals surface area contributed by atoms with Gasteiger partial charge in [0.1, 0.15) is 0 Å². The summed E-state index contributed by atoms with van der Waals surface area (Å²) in [4.78, 5) is 23.6. The zero-order valence-corrected chi connectivity index (χ0v) is 10.2. The first-order valence-electron chi connectivity index (χ1n) is 6.52. The second-order valence-electron chi connectivity index (χ2n) is 5.30. The third-order valence-electron chi connectivity index (χ3n) is 4.31. The summed E-state index contributed by atoms with van der Waals surface area (Å²) in [5.74, 6) is -0.532. The standard InChI is InChI=1S/C15H16O3/c16-13-10-15(14(17)18-13)9-5-4-8-12(15)11-6-2-1-3-7-11/h1-3,6-7,12H,4-5,8-10H2. The van der Waals surface area contributed by atoms with Gasteiger partial charge in [0, 0.05) is 5.92 Å². The summed E-state index contributed by atoms with van der Waals surface area (Å²) in [5.41, 5.74) is 0.570. The number of esters is 2. The van der Waals surface area contributed by atoms with Gasteiger partial charge in [0.25, 0.3) is 0 Å². The van der Waals surface area contributed by atoms with Crippen molar-refractivity contribution in [3.63, 3.8) is 0 Å². The number of carbonyl (C=O) groups is 2. The Morgan fingerprint density at radius 2 is 1.89 bits per heavy atom. The van der Waals surface area contributed by atoms with Crippen LogP contribution < -0.4 is 0 Å². The van der Waals surface area contributed by atoms with Crippen LogP contribution in [-0.2, 0) is 14.3 Å². The third-order valence-corrected chi connectivity index (χ3v) is 4.31. The van der Waals surface area contributed by atoms with Crippen molar-refractivity contribution in [2.24, 2.45) is 5.41 Å². The van der Waals surface area contributed by atoms with Gasteiger partial charge in [0.05, 0.1) is 11.8 Å². The van der Waals surface area contributed by atoms with Gasteiger partial charge in [-0.2, -0.15) is 0 Å². The predicted octanol–water partition coefficient (Wildman–Crippen LogP) is 2.80. The highest BCUT2D eigenvalue weighted by molar-refractivity contribution is 5.98.